The number of aromatic amines is 2. The SMILES string of the molecule is C.C=S(C)CCC(C)(O)c1cc2cc([N+](=O)[O-])c(C(F)(F)F)cc2[nH]1.CC(O)(CCS(C)(=O)=O)c1cc2cc([N+](=O)[O-])c(C(F)(F)F)cc2[nH]1. The molecule has 0 radical (unpaired) electrons. The van der Waals surface area contributed by atoms with Crippen molar-refractivity contribution in [2.45, 2.75) is 57.7 Å². The van der Waals surface area contributed by atoms with E-state index in [0.717, 1.165) is 18.4 Å². The number of halogens is 6. The lowest BCUT2D eigenvalue weighted by atomic mass is 9.99. The Labute approximate surface area is 284 Å². The first-order valence-electron chi connectivity index (χ1n) is 13.9. The predicted molar refractivity (Wildman–Crippen MR) is 180 cm³/mol. The molecule has 0 aliphatic heterocycles. The second-order valence-electron chi connectivity index (χ2n) is 12.0. The fourth-order valence-corrected chi connectivity index (χ4v) is 6.21. The number of sulfone groups is 1. The molecule has 50 heavy (non-hydrogen) atoms. The highest BCUT2D eigenvalue weighted by Crippen LogP contribution is 2.41. The fourth-order valence-electron chi connectivity index (χ4n) is 4.70. The van der Waals surface area contributed by atoms with Crippen LogP contribution in [0.1, 0.15) is 56.6 Å². The van der Waals surface area contributed by atoms with E-state index in [2.05, 4.69) is 15.8 Å². The van der Waals surface area contributed by atoms with Gasteiger partial charge in [-0.25, -0.2) is 8.42 Å². The summed E-state index contributed by atoms with van der Waals surface area (Å²) in [4.78, 5) is 25.0. The van der Waals surface area contributed by atoms with Crippen LogP contribution in [0.4, 0.5) is 37.7 Å². The summed E-state index contributed by atoms with van der Waals surface area (Å²) in [5.41, 5.74) is -7.35. The van der Waals surface area contributed by atoms with Crippen molar-refractivity contribution >= 4 is 59.4 Å². The summed E-state index contributed by atoms with van der Waals surface area (Å²) in [6.07, 6.45) is -6.66. The lowest BCUT2D eigenvalue weighted by molar-refractivity contribution is -0.388. The molecule has 3 atom stereocenters. The number of hydrogen-bond donors (Lipinski definition) is 4. The van der Waals surface area contributed by atoms with E-state index in [1.807, 2.05) is 6.26 Å². The summed E-state index contributed by atoms with van der Waals surface area (Å²) >= 11 is 0. The number of rotatable bonds is 10. The van der Waals surface area contributed by atoms with Crippen LogP contribution in [0.5, 0.6) is 0 Å². The number of nitro benzene ring substituents is 2. The lowest BCUT2D eigenvalue weighted by Gasteiger charge is -2.22. The number of fused-ring (bicyclic) bond motifs is 2. The molecule has 3 unspecified atom stereocenters. The van der Waals surface area contributed by atoms with Crippen molar-refractivity contribution in [2.24, 2.45) is 0 Å². The summed E-state index contributed by atoms with van der Waals surface area (Å²) in [5, 5.41) is 43.1. The summed E-state index contributed by atoms with van der Waals surface area (Å²) in [7, 11) is -3.49. The Kier molecular flexibility index (Phi) is 12.4. The van der Waals surface area contributed by atoms with E-state index >= 15 is 0 Å². The predicted octanol–water partition coefficient (Wildman–Crippen LogP) is 7.40. The topological polar surface area (TPSA) is 192 Å². The monoisotopic (exact) mass is 758 g/mol. The molecule has 0 bridgehead atoms. The second-order valence-corrected chi connectivity index (χ2v) is 16.2. The maximum atomic E-state index is 13.0. The first-order chi connectivity index (χ1) is 22.1. The van der Waals surface area contributed by atoms with Gasteiger partial charge in [-0.3, -0.25) is 20.2 Å². The number of aliphatic hydroxyl groups is 2. The van der Waals surface area contributed by atoms with Gasteiger partial charge >= 0.3 is 12.4 Å². The Morgan fingerprint density at radius 3 is 1.44 bits per heavy atom. The molecule has 0 aliphatic carbocycles. The van der Waals surface area contributed by atoms with E-state index in [4.69, 9.17) is 0 Å². The zero-order valence-electron chi connectivity index (χ0n) is 26.3. The van der Waals surface area contributed by atoms with Gasteiger partial charge in [0.15, 0.2) is 0 Å². The minimum Gasteiger partial charge on any atom is -0.384 e. The third-order valence-corrected chi connectivity index (χ3v) is 9.38. The third-order valence-electron chi connectivity index (χ3n) is 7.54. The van der Waals surface area contributed by atoms with Gasteiger partial charge in [-0.05, 0) is 63.0 Å². The average Bonchev–Trinajstić information content (AvgIpc) is 3.57. The molecule has 0 saturated heterocycles. The van der Waals surface area contributed by atoms with E-state index < -0.39 is 65.7 Å². The summed E-state index contributed by atoms with van der Waals surface area (Å²) in [6, 6.07) is 5.66. The molecule has 4 aromatic rings. The minimum absolute atomic E-state index is 0. The molecular weight excluding hydrogens is 722 g/mol. The van der Waals surface area contributed by atoms with Gasteiger partial charge in [-0.15, -0.1) is 0 Å². The van der Waals surface area contributed by atoms with Crippen molar-refractivity contribution in [1.82, 2.24) is 9.97 Å². The molecule has 0 aliphatic rings. The summed E-state index contributed by atoms with van der Waals surface area (Å²) < 4.78 is 100. The zero-order valence-corrected chi connectivity index (χ0v) is 28.0. The number of benzene rings is 2. The van der Waals surface area contributed by atoms with Crippen LogP contribution in [0.15, 0.2) is 36.4 Å². The molecule has 0 fully saturated rings. The van der Waals surface area contributed by atoms with Crippen molar-refractivity contribution in [3.8, 4) is 0 Å². The van der Waals surface area contributed by atoms with Crippen molar-refractivity contribution in [2.75, 3.05) is 24.0 Å². The van der Waals surface area contributed by atoms with Crippen LogP contribution in [0.25, 0.3) is 21.8 Å². The van der Waals surface area contributed by atoms with Crippen LogP contribution in [0, 0.1) is 20.2 Å². The second kappa shape index (κ2) is 14.7. The van der Waals surface area contributed by atoms with E-state index in [-0.39, 0.29) is 57.6 Å². The Hall–Kier alpha value is -4.01. The maximum absolute atomic E-state index is 13.0. The van der Waals surface area contributed by atoms with Crippen LogP contribution in [-0.4, -0.2) is 68.3 Å². The molecule has 0 amide bonds. The average molecular weight is 759 g/mol. The summed E-state index contributed by atoms with van der Waals surface area (Å²) in [6.45, 7) is 2.85. The number of nitrogens with zero attached hydrogens (tertiary/aromatic N) is 2. The first-order valence-corrected chi connectivity index (χ1v) is 18.0. The molecule has 2 aromatic heterocycles. The zero-order chi connectivity index (χ0) is 37.5. The Morgan fingerprint density at radius 1 is 0.780 bits per heavy atom. The molecule has 20 heteroatoms. The molecule has 0 spiro atoms. The van der Waals surface area contributed by atoms with E-state index in [0.29, 0.717) is 30.0 Å². The van der Waals surface area contributed by atoms with E-state index in [9.17, 15) is 65.2 Å². The van der Waals surface area contributed by atoms with Gasteiger partial charge in [0.05, 0.1) is 15.6 Å². The summed E-state index contributed by atoms with van der Waals surface area (Å²) in [5.74, 6) is 4.17. The number of H-pyrrole nitrogens is 2. The fraction of sp³-hybridized carbons (Fsp3) is 0.433. The molecule has 278 valence electrons. The van der Waals surface area contributed by atoms with Gasteiger partial charge in [0.25, 0.3) is 11.4 Å². The van der Waals surface area contributed by atoms with Gasteiger partial charge in [-0.1, -0.05) is 13.3 Å². The van der Waals surface area contributed by atoms with Gasteiger partial charge < -0.3 is 20.2 Å². The van der Waals surface area contributed by atoms with E-state index in [1.54, 1.807) is 6.92 Å². The highest BCUT2D eigenvalue weighted by atomic mass is 32.2. The van der Waals surface area contributed by atoms with Gasteiger partial charge in [0.1, 0.15) is 32.2 Å². The normalized spacial score (nSPS) is 15.4. The molecule has 2 aromatic carbocycles. The van der Waals surface area contributed by atoms with Crippen molar-refractivity contribution < 1.29 is 54.8 Å². The maximum Gasteiger partial charge on any atom is 0.423 e. The highest BCUT2D eigenvalue weighted by Gasteiger charge is 2.40. The van der Waals surface area contributed by atoms with Gasteiger partial charge in [0, 0.05) is 51.6 Å². The largest absolute Gasteiger partial charge is 0.423 e. The van der Waals surface area contributed by atoms with Gasteiger partial charge in [0.2, 0.25) is 0 Å². The molecule has 2 heterocycles. The molecule has 0 saturated carbocycles. The molecule has 12 nitrogen and oxygen atoms in total. The first kappa shape index (κ1) is 42.2. The van der Waals surface area contributed by atoms with Crippen LogP contribution in [0.3, 0.4) is 0 Å². The van der Waals surface area contributed by atoms with Gasteiger partial charge in [-0.2, -0.15) is 36.8 Å². The van der Waals surface area contributed by atoms with Crippen molar-refractivity contribution in [3.63, 3.8) is 0 Å². The minimum atomic E-state index is -4.92. The van der Waals surface area contributed by atoms with Crippen molar-refractivity contribution in [3.05, 3.63) is 79.1 Å². The number of nitro groups is 2. The molecular formula is C30H36F6N4O8S2. The number of hydrogen-bond acceptors (Lipinski definition) is 8. The Morgan fingerprint density at radius 2 is 1.14 bits per heavy atom. The number of aromatic nitrogens is 2. The Bertz CT molecular complexity index is 2030. The van der Waals surface area contributed by atoms with E-state index in [1.165, 1.54) is 19.1 Å². The highest BCUT2D eigenvalue weighted by molar-refractivity contribution is 8.13. The number of alkyl halides is 6. The standard InChI is InChI=1S/C15H17F3N2O3S.C14H15F3N2O5S.CH4/c1-14(21,4-5-24(2)3)13-7-9-6-12(20(22)23)10(15(16,17)18)8-11(9)19-13;1-13(20,3-4-25(2,23)24)12-6-8-5-11(19(21)22)9(14(15,16)17)7-10(8)18-12;/h6-8,19,21H,2,4-5H2,1,3H3;5-7,18,20H,3-4H2,1-2H3;1H4. The quantitative estimate of drug-likeness (QED) is 0.0556. The smallest absolute Gasteiger partial charge is 0.384 e. The lowest BCUT2D eigenvalue weighted by Crippen LogP contribution is -2.25. The third kappa shape index (κ3) is 10.3. The molecule has 4 N–H and O–H groups in total. The van der Waals surface area contributed by atoms with Crippen LogP contribution in [0.2, 0.25) is 0 Å². The van der Waals surface area contributed by atoms with Crippen molar-refractivity contribution in [1.29, 1.82) is 0 Å². The Balaban J connectivity index is 0.000000340. The number of nitrogens with one attached hydrogen (secondary N) is 2. The molecule has 4 rings (SSSR count). The van der Waals surface area contributed by atoms with Crippen LogP contribution < -0.4 is 0 Å². The van der Waals surface area contributed by atoms with Crippen LogP contribution >= 0.6 is 10.5 Å². The van der Waals surface area contributed by atoms with Crippen LogP contribution in [-0.2, 0) is 33.4 Å².